The van der Waals surface area contributed by atoms with Gasteiger partial charge in [0, 0.05) is 5.25 Å². The van der Waals surface area contributed by atoms with E-state index >= 15 is 0 Å². The summed E-state index contributed by atoms with van der Waals surface area (Å²) in [7, 11) is 0. The minimum Gasteiger partial charge on any atom is -0.464 e. The molecule has 0 bridgehead atoms. The summed E-state index contributed by atoms with van der Waals surface area (Å²) in [6.07, 6.45) is 8.24. The molecule has 0 atom stereocenters. The standard InChI is InChI=1S/C15H25NOS/c1-2-10-16-11-13-8-9-14(17-13)12-18-15-6-4-3-5-7-15/h8-9,15-16H,2-7,10-12H2,1H3. The van der Waals surface area contributed by atoms with E-state index in [1.807, 2.05) is 0 Å². The van der Waals surface area contributed by atoms with E-state index in [4.69, 9.17) is 4.42 Å². The van der Waals surface area contributed by atoms with E-state index < -0.39 is 0 Å². The van der Waals surface area contributed by atoms with Crippen LogP contribution in [0.3, 0.4) is 0 Å². The molecule has 0 aliphatic heterocycles. The Labute approximate surface area is 115 Å². The van der Waals surface area contributed by atoms with Crippen LogP contribution in [0, 0.1) is 0 Å². The molecular weight excluding hydrogens is 242 g/mol. The van der Waals surface area contributed by atoms with E-state index in [1.54, 1.807) is 0 Å². The van der Waals surface area contributed by atoms with Crippen LogP contribution in [-0.4, -0.2) is 11.8 Å². The van der Waals surface area contributed by atoms with E-state index in [2.05, 4.69) is 36.1 Å². The first-order valence-electron chi connectivity index (χ1n) is 7.28. The van der Waals surface area contributed by atoms with Gasteiger partial charge in [-0.15, -0.1) is 0 Å². The highest BCUT2D eigenvalue weighted by molar-refractivity contribution is 7.99. The van der Waals surface area contributed by atoms with Gasteiger partial charge in [0.2, 0.25) is 0 Å². The second-order valence-electron chi connectivity index (χ2n) is 5.12. The molecular formula is C15H25NOS. The van der Waals surface area contributed by atoms with Gasteiger partial charge in [-0.05, 0) is 37.9 Å². The molecule has 0 unspecified atom stereocenters. The zero-order valence-electron chi connectivity index (χ0n) is 11.4. The van der Waals surface area contributed by atoms with Crippen LogP contribution in [0.5, 0.6) is 0 Å². The van der Waals surface area contributed by atoms with Gasteiger partial charge in [-0.1, -0.05) is 26.2 Å². The zero-order chi connectivity index (χ0) is 12.6. The minimum atomic E-state index is 0.863. The molecule has 0 amide bonds. The Morgan fingerprint density at radius 3 is 2.78 bits per heavy atom. The molecule has 1 N–H and O–H groups in total. The number of nitrogens with one attached hydrogen (secondary N) is 1. The van der Waals surface area contributed by atoms with Gasteiger partial charge in [-0.25, -0.2) is 0 Å². The van der Waals surface area contributed by atoms with Crippen molar-refractivity contribution >= 4 is 11.8 Å². The lowest BCUT2D eigenvalue weighted by molar-refractivity contribution is 0.458. The Balaban J connectivity index is 1.69. The fourth-order valence-electron chi connectivity index (χ4n) is 2.42. The summed E-state index contributed by atoms with van der Waals surface area (Å²) in [4.78, 5) is 0. The quantitative estimate of drug-likeness (QED) is 0.744. The van der Waals surface area contributed by atoms with Crippen molar-refractivity contribution in [3.05, 3.63) is 23.7 Å². The third-order valence-corrected chi connectivity index (χ3v) is 4.85. The maximum absolute atomic E-state index is 5.84. The molecule has 1 aromatic rings. The van der Waals surface area contributed by atoms with Crippen LogP contribution in [0.2, 0.25) is 0 Å². The third-order valence-electron chi connectivity index (χ3n) is 3.46. The van der Waals surface area contributed by atoms with Gasteiger partial charge in [0.05, 0.1) is 12.3 Å². The normalized spacial score (nSPS) is 17.2. The summed E-state index contributed by atoms with van der Waals surface area (Å²) in [5, 5.41) is 4.24. The van der Waals surface area contributed by atoms with Crippen molar-refractivity contribution in [3.63, 3.8) is 0 Å². The van der Waals surface area contributed by atoms with Crippen LogP contribution >= 0.6 is 11.8 Å². The fraction of sp³-hybridized carbons (Fsp3) is 0.733. The van der Waals surface area contributed by atoms with Gasteiger partial charge in [0.15, 0.2) is 0 Å². The highest BCUT2D eigenvalue weighted by Gasteiger charge is 2.14. The summed E-state index contributed by atoms with van der Waals surface area (Å²) in [6.45, 7) is 4.11. The molecule has 0 radical (unpaired) electrons. The number of rotatable bonds is 7. The maximum atomic E-state index is 5.84. The van der Waals surface area contributed by atoms with Crippen LogP contribution < -0.4 is 5.32 Å². The lowest BCUT2D eigenvalue weighted by Crippen LogP contribution is -2.13. The van der Waals surface area contributed by atoms with Crippen molar-refractivity contribution in [3.8, 4) is 0 Å². The van der Waals surface area contributed by atoms with E-state index in [9.17, 15) is 0 Å². The summed E-state index contributed by atoms with van der Waals surface area (Å²) < 4.78 is 5.84. The highest BCUT2D eigenvalue weighted by Crippen LogP contribution is 2.30. The topological polar surface area (TPSA) is 25.2 Å². The SMILES string of the molecule is CCCNCc1ccc(CSC2CCCCC2)o1. The van der Waals surface area contributed by atoms with E-state index in [1.165, 1.54) is 38.5 Å². The molecule has 3 heteroatoms. The Kier molecular flexibility index (Phi) is 6.15. The maximum Gasteiger partial charge on any atom is 0.117 e. The molecule has 2 rings (SSSR count). The molecule has 0 spiro atoms. The lowest BCUT2D eigenvalue weighted by atomic mass is 10.0. The Morgan fingerprint density at radius 1 is 1.22 bits per heavy atom. The molecule has 1 saturated carbocycles. The Morgan fingerprint density at radius 2 is 2.00 bits per heavy atom. The van der Waals surface area contributed by atoms with Crippen LogP contribution in [0.4, 0.5) is 0 Å². The van der Waals surface area contributed by atoms with Crippen LogP contribution in [0.25, 0.3) is 0 Å². The highest BCUT2D eigenvalue weighted by atomic mass is 32.2. The fourth-order valence-corrected chi connectivity index (χ4v) is 3.64. The summed E-state index contributed by atoms with van der Waals surface area (Å²) in [5.74, 6) is 3.25. The van der Waals surface area contributed by atoms with Gasteiger partial charge in [0.1, 0.15) is 11.5 Å². The minimum absolute atomic E-state index is 0.863. The summed E-state index contributed by atoms with van der Waals surface area (Å²) >= 11 is 2.08. The number of thioether (sulfide) groups is 1. The first-order chi connectivity index (χ1) is 8.88. The van der Waals surface area contributed by atoms with Crippen molar-refractivity contribution in [1.29, 1.82) is 0 Å². The first-order valence-corrected chi connectivity index (χ1v) is 8.33. The largest absolute Gasteiger partial charge is 0.464 e. The molecule has 1 aromatic heterocycles. The first kappa shape index (κ1) is 14.0. The molecule has 1 aliphatic rings. The summed E-state index contributed by atoms with van der Waals surface area (Å²) in [5.41, 5.74) is 0. The van der Waals surface area contributed by atoms with Crippen LogP contribution in [0.1, 0.15) is 57.0 Å². The zero-order valence-corrected chi connectivity index (χ0v) is 12.2. The van der Waals surface area contributed by atoms with Crippen molar-refractivity contribution in [1.82, 2.24) is 5.32 Å². The van der Waals surface area contributed by atoms with Crippen molar-refractivity contribution in [2.45, 2.75) is 63.0 Å². The van der Waals surface area contributed by atoms with Gasteiger partial charge in [-0.2, -0.15) is 11.8 Å². The Hall–Kier alpha value is -0.410. The lowest BCUT2D eigenvalue weighted by Gasteiger charge is -2.20. The second kappa shape index (κ2) is 7.90. The van der Waals surface area contributed by atoms with Crippen LogP contribution in [0.15, 0.2) is 16.5 Å². The average molecular weight is 267 g/mol. The van der Waals surface area contributed by atoms with Gasteiger partial charge >= 0.3 is 0 Å². The molecule has 18 heavy (non-hydrogen) atoms. The molecule has 1 heterocycles. The van der Waals surface area contributed by atoms with E-state index in [0.29, 0.717) is 0 Å². The number of hydrogen-bond acceptors (Lipinski definition) is 3. The molecule has 0 aromatic carbocycles. The predicted octanol–water partition coefficient (Wildman–Crippen LogP) is 4.35. The van der Waals surface area contributed by atoms with E-state index in [0.717, 1.165) is 35.6 Å². The van der Waals surface area contributed by atoms with E-state index in [-0.39, 0.29) is 0 Å². The average Bonchev–Trinajstić information content (AvgIpc) is 2.86. The number of hydrogen-bond donors (Lipinski definition) is 1. The van der Waals surface area contributed by atoms with Crippen molar-refractivity contribution in [2.24, 2.45) is 0 Å². The molecule has 1 fully saturated rings. The van der Waals surface area contributed by atoms with Crippen molar-refractivity contribution in [2.75, 3.05) is 6.54 Å². The van der Waals surface area contributed by atoms with Gasteiger partial charge in [-0.3, -0.25) is 0 Å². The predicted molar refractivity (Wildman–Crippen MR) is 78.9 cm³/mol. The van der Waals surface area contributed by atoms with Gasteiger partial charge < -0.3 is 9.73 Å². The monoisotopic (exact) mass is 267 g/mol. The number of furan rings is 1. The Bertz CT molecular complexity index is 331. The second-order valence-corrected chi connectivity index (χ2v) is 6.40. The summed E-state index contributed by atoms with van der Waals surface area (Å²) in [6, 6.07) is 4.25. The molecule has 2 nitrogen and oxygen atoms in total. The molecule has 1 aliphatic carbocycles. The van der Waals surface area contributed by atoms with Crippen LogP contribution in [-0.2, 0) is 12.3 Å². The third kappa shape index (κ3) is 4.69. The van der Waals surface area contributed by atoms with Gasteiger partial charge in [0.25, 0.3) is 0 Å². The molecule has 102 valence electrons. The van der Waals surface area contributed by atoms with Crippen molar-refractivity contribution < 1.29 is 4.42 Å². The molecule has 0 saturated heterocycles. The smallest absolute Gasteiger partial charge is 0.117 e.